The fourth-order valence-electron chi connectivity index (χ4n) is 3.99. The van der Waals surface area contributed by atoms with E-state index in [1.165, 1.54) is 21.7 Å². The second kappa shape index (κ2) is 6.62. The number of nitrogens with zero attached hydrogens (tertiary/aromatic N) is 3. The first-order valence-electron chi connectivity index (χ1n) is 9.36. The predicted octanol–water partition coefficient (Wildman–Crippen LogP) is 3.48. The molecular weight excluding hydrogens is 358 g/mol. The van der Waals surface area contributed by atoms with Gasteiger partial charge in [0.2, 0.25) is 0 Å². The number of fused-ring (bicyclic) bond motifs is 3. The van der Waals surface area contributed by atoms with Crippen LogP contribution in [0.4, 0.5) is 0 Å². The normalized spacial score (nSPS) is 16.1. The maximum atomic E-state index is 12.9. The molecule has 1 fully saturated rings. The minimum Gasteiger partial charge on any atom is -0.378 e. The minimum atomic E-state index is 0.132. The molecule has 3 aromatic rings. The van der Waals surface area contributed by atoms with Gasteiger partial charge in [0, 0.05) is 23.5 Å². The molecule has 0 bridgehead atoms. The van der Waals surface area contributed by atoms with Gasteiger partial charge in [0.15, 0.2) is 0 Å². The lowest BCUT2D eigenvalue weighted by Crippen LogP contribution is -2.40. The first kappa shape index (κ1) is 16.7. The Hall–Kier alpha value is -2.44. The predicted molar refractivity (Wildman–Crippen MR) is 106 cm³/mol. The monoisotopic (exact) mass is 379 g/mol. The number of morpholine rings is 1. The van der Waals surface area contributed by atoms with Crippen molar-refractivity contribution in [1.82, 2.24) is 14.7 Å². The number of amides is 1. The van der Waals surface area contributed by atoms with E-state index in [0.717, 1.165) is 29.1 Å². The van der Waals surface area contributed by atoms with Crippen molar-refractivity contribution in [2.45, 2.75) is 19.8 Å². The molecule has 0 N–H and O–H groups in total. The number of aryl methyl sites for hydroxylation is 2. The smallest absolute Gasteiger partial charge is 0.264 e. The first-order chi connectivity index (χ1) is 13.2. The van der Waals surface area contributed by atoms with Gasteiger partial charge in [-0.1, -0.05) is 18.2 Å². The van der Waals surface area contributed by atoms with Crippen molar-refractivity contribution in [3.63, 3.8) is 0 Å². The van der Waals surface area contributed by atoms with Crippen molar-refractivity contribution in [3.05, 3.63) is 58.2 Å². The molecule has 2 aromatic heterocycles. The Labute approximate surface area is 162 Å². The molecule has 0 saturated carbocycles. The fraction of sp³-hybridized carbons (Fsp3) is 0.333. The average Bonchev–Trinajstić information content (AvgIpc) is 3.30. The highest BCUT2D eigenvalue weighted by Gasteiger charge is 2.29. The fourth-order valence-corrected chi connectivity index (χ4v) is 5.29. The van der Waals surface area contributed by atoms with Gasteiger partial charge in [-0.05, 0) is 43.5 Å². The van der Waals surface area contributed by atoms with Crippen molar-refractivity contribution in [3.8, 4) is 16.1 Å². The summed E-state index contributed by atoms with van der Waals surface area (Å²) in [7, 11) is 0. The Morgan fingerprint density at radius 1 is 1.15 bits per heavy atom. The molecule has 0 unspecified atom stereocenters. The van der Waals surface area contributed by atoms with Gasteiger partial charge in [-0.15, -0.1) is 11.3 Å². The molecule has 2 aliphatic rings. The van der Waals surface area contributed by atoms with Crippen LogP contribution in [-0.2, 0) is 17.6 Å². The van der Waals surface area contributed by atoms with Crippen molar-refractivity contribution in [1.29, 1.82) is 0 Å². The Morgan fingerprint density at radius 3 is 2.70 bits per heavy atom. The SMILES string of the molecule is Cc1nn(-c2ccccc2)c2c1-c1sc(C(=O)N3CCOCC3)cc1CC2. The summed E-state index contributed by atoms with van der Waals surface area (Å²) in [6.07, 6.45) is 1.90. The quantitative estimate of drug-likeness (QED) is 0.685. The van der Waals surface area contributed by atoms with E-state index in [2.05, 4.69) is 29.8 Å². The van der Waals surface area contributed by atoms with Gasteiger partial charge in [-0.3, -0.25) is 4.79 Å². The molecule has 138 valence electrons. The largest absolute Gasteiger partial charge is 0.378 e. The zero-order valence-electron chi connectivity index (χ0n) is 15.3. The van der Waals surface area contributed by atoms with Crippen molar-refractivity contribution in [2.75, 3.05) is 26.3 Å². The number of hydrogen-bond acceptors (Lipinski definition) is 4. The summed E-state index contributed by atoms with van der Waals surface area (Å²) < 4.78 is 7.44. The Balaban J connectivity index is 1.54. The summed E-state index contributed by atoms with van der Waals surface area (Å²) in [5, 5.41) is 4.82. The third-order valence-electron chi connectivity index (χ3n) is 5.33. The molecule has 0 atom stereocenters. The van der Waals surface area contributed by atoms with Gasteiger partial charge in [-0.25, -0.2) is 4.68 Å². The average molecular weight is 379 g/mol. The molecule has 0 radical (unpaired) electrons. The third-order valence-corrected chi connectivity index (χ3v) is 6.52. The van der Waals surface area contributed by atoms with Crippen molar-refractivity contribution >= 4 is 17.2 Å². The van der Waals surface area contributed by atoms with Crippen LogP contribution in [0.2, 0.25) is 0 Å². The molecule has 1 aromatic carbocycles. The lowest BCUT2D eigenvalue weighted by molar-refractivity contribution is 0.0306. The van der Waals surface area contributed by atoms with Crippen molar-refractivity contribution < 1.29 is 9.53 Å². The van der Waals surface area contributed by atoms with Gasteiger partial charge in [-0.2, -0.15) is 5.10 Å². The standard InChI is InChI=1S/C21H21N3O2S/c1-14-19-17(24(22-14)16-5-3-2-4-6-16)8-7-15-13-18(27-20(15)19)21(25)23-9-11-26-12-10-23/h2-6,13H,7-12H2,1H3. The summed E-state index contributed by atoms with van der Waals surface area (Å²) in [5.74, 6) is 0.132. The van der Waals surface area contributed by atoms with E-state index in [-0.39, 0.29) is 5.91 Å². The van der Waals surface area contributed by atoms with Gasteiger partial charge >= 0.3 is 0 Å². The summed E-state index contributed by atoms with van der Waals surface area (Å²) in [6, 6.07) is 12.4. The molecule has 27 heavy (non-hydrogen) atoms. The van der Waals surface area contributed by atoms with E-state index in [1.807, 2.05) is 23.1 Å². The summed E-state index contributed by atoms with van der Waals surface area (Å²) in [6.45, 7) is 4.68. The van der Waals surface area contributed by atoms with Crippen LogP contribution in [0.25, 0.3) is 16.1 Å². The van der Waals surface area contributed by atoms with Crippen molar-refractivity contribution in [2.24, 2.45) is 0 Å². The minimum absolute atomic E-state index is 0.132. The van der Waals surface area contributed by atoms with Gasteiger partial charge in [0.1, 0.15) is 0 Å². The maximum absolute atomic E-state index is 12.9. The molecule has 6 heteroatoms. The van der Waals surface area contributed by atoms with Crippen LogP contribution in [0.15, 0.2) is 36.4 Å². The van der Waals surface area contributed by atoms with Crippen LogP contribution in [0.5, 0.6) is 0 Å². The van der Waals surface area contributed by atoms with E-state index in [9.17, 15) is 4.79 Å². The van der Waals surface area contributed by atoms with Crippen LogP contribution in [0.3, 0.4) is 0 Å². The molecule has 3 heterocycles. The highest BCUT2D eigenvalue weighted by Crippen LogP contribution is 2.42. The number of para-hydroxylation sites is 1. The molecule has 1 saturated heterocycles. The van der Waals surface area contributed by atoms with Crippen LogP contribution < -0.4 is 0 Å². The molecule has 1 aliphatic heterocycles. The summed E-state index contributed by atoms with van der Waals surface area (Å²) >= 11 is 1.62. The van der Waals surface area contributed by atoms with Crippen LogP contribution in [-0.4, -0.2) is 46.9 Å². The maximum Gasteiger partial charge on any atom is 0.264 e. The van der Waals surface area contributed by atoms with Crippen LogP contribution in [0.1, 0.15) is 26.6 Å². The highest BCUT2D eigenvalue weighted by molar-refractivity contribution is 7.17. The topological polar surface area (TPSA) is 47.4 Å². The number of rotatable bonds is 2. The van der Waals surface area contributed by atoms with E-state index in [1.54, 1.807) is 11.3 Å². The highest BCUT2D eigenvalue weighted by atomic mass is 32.1. The van der Waals surface area contributed by atoms with Gasteiger partial charge < -0.3 is 9.64 Å². The zero-order valence-corrected chi connectivity index (χ0v) is 16.1. The Bertz CT molecular complexity index is 1000. The van der Waals surface area contributed by atoms with E-state index in [4.69, 9.17) is 9.84 Å². The molecule has 1 amide bonds. The molecule has 5 nitrogen and oxygen atoms in total. The van der Waals surface area contributed by atoms with E-state index >= 15 is 0 Å². The van der Waals surface area contributed by atoms with Gasteiger partial charge in [0.25, 0.3) is 5.91 Å². The second-order valence-electron chi connectivity index (χ2n) is 7.02. The number of aromatic nitrogens is 2. The molecule has 0 spiro atoms. The zero-order chi connectivity index (χ0) is 18.4. The molecular formula is C21H21N3O2S. The number of benzene rings is 1. The second-order valence-corrected chi connectivity index (χ2v) is 8.08. The van der Waals surface area contributed by atoms with Crippen LogP contribution >= 0.6 is 11.3 Å². The number of ether oxygens (including phenoxy) is 1. The molecule has 5 rings (SSSR count). The Kier molecular flexibility index (Phi) is 4.10. The van der Waals surface area contributed by atoms with E-state index in [0.29, 0.717) is 26.3 Å². The summed E-state index contributed by atoms with van der Waals surface area (Å²) in [5.41, 5.74) is 5.86. The number of carbonyl (C=O) groups excluding carboxylic acids is 1. The Morgan fingerprint density at radius 2 is 1.93 bits per heavy atom. The van der Waals surface area contributed by atoms with Gasteiger partial charge in [0.05, 0.1) is 35.2 Å². The summed E-state index contributed by atoms with van der Waals surface area (Å²) in [4.78, 5) is 16.9. The first-order valence-corrected chi connectivity index (χ1v) is 10.2. The number of hydrogen-bond donors (Lipinski definition) is 0. The van der Waals surface area contributed by atoms with Crippen LogP contribution in [0, 0.1) is 6.92 Å². The van der Waals surface area contributed by atoms with E-state index < -0.39 is 0 Å². The number of carbonyl (C=O) groups is 1. The third kappa shape index (κ3) is 2.80. The number of thiophene rings is 1. The lowest BCUT2D eigenvalue weighted by atomic mass is 9.95. The molecule has 1 aliphatic carbocycles. The lowest BCUT2D eigenvalue weighted by Gasteiger charge is -2.26.